The first kappa shape index (κ1) is 51.6. The van der Waals surface area contributed by atoms with Gasteiger partial charge in [0.2, 0.25) is 0 Å². The van der Waals surface area contributed by atoms with E-state index in [-0.39, 0.29) is 56.6 Å². The standard InChI is InChI=1S/C24H28F18O7S.Li/c25-17(26,19(29,30)21(33,34)23(37,38)39)9-5-1-3-7-11-46-15(43)13-14(50-49-48-45)16(44)47-12-8-4-2-6-10-18(27,28)20(31,32)22(35,36)24(40,41)42;/h14,45H,1-13H2;/q;+1/p-1. The fourth-order valence-corrected chi connectivity index (χ4v) is 4.09. The Balaban J connectivity index is 0. The Bertz CT molecular complexity index is 1060. The molecule has 0 aromatic carbocycles. The first-order chi connectivity index (χ1) is 22.4. The monoisotopic (exact) mass is 808 g/mol. The van der Waals surface area contributed by atoms with Crippen molar-refractivity contribution in [2.24, 2.45) is 0 Å². The van der Waals surface area contributed by atoms with Gasteiger partial charge in [-0.3, -0.25) is 14.6 Å². The number of esters is 2. The summed E-state index contributed by atoms with van der Waals surface area (Å²) >= 11 is -0.0657. The Morgan fingerprint density at radius 3 is 1.24 bits per heavy atom. The average Bonchev–Trinajstić information content (AvgIpc) is 2.96. The Morgan fingerprint density at radius 1 is 0.529 bits per heavy atom. The molecule has 0 amide bonds. The number of rotatable bonds is 24. The van der Waals surface area contributed by atoms with Crippen LogP contribution in [0.3, 0.4) is 0 Å². The van der Waals surface area contributed by atoms with Gasteiger partial charge in [-0.2, -0.15) is 83.4 Å². The smallest absolute Gasteiger partial charge is 0.691 e. The minimum absolute atomic E-state index is 0. The van der Waals surface area contributed by atoms with Crippen molar-refractivity contribution >= 4 is 24.0 Å². The van der Waals surface area contributed by atoms with E-state index in [1.807, 2.05) is 0 Å². The molecule has 7 nitrogen and oxygen atoms in total. The molecule has 0 aliphatic carbocycles. The van der Waals surface area contributed by atoms with Gasteiger partial charge in [-0.15, -0.1) is 0 Å². The van der Waals surface area contributed by atoms with Crippen molar-refractivity contribution in [3.05, 3.63) is 0 Å². The fraction of sp³-hybridized carbons (Fsp3) is 0.917. The SMILES string of the molecule is O=C(CC(SOO[O-])C(=O)OCCCCCCC(F)(F)C(F)(F)C(F)(F)C(F)(F)F)OCCCCCCC(F)(F)C(F)(F)C(F)(F)C(F)(F)F.[Li+]. The maximum Gasteiger partial charge on any atom is 1.00 e. The van der Waals surface area contributed by atoms with E-state index in [0.29, 0.717) is 0 Å². The summed E-state index contributed by atoms with van der Waals surface area (Å²) in [5.74, 6) is -41.5. The number of ether oxygens (including phenoxy) is 2. The third kappa shape index (κ3) is 14.0. The number of carbonyl (C=O) groups excluding carboxylic acids is 2. The van der Waals surface area contributed by atoms with Gasteiger partial charge in [0, 0.05) is 24.9 Å². The molecule has 0 heterocycles. The average molecular weight is 808 g/mol. The predicted octanol–water partition coefficient (Wildman–Crippen LogP) is 5.54. The zero-order valence-electron chi connectivity index (χ0n) is 25.8. The fourth-order valence-electron chi connectivity index (χ4n) is 3.62. The van der Waals surface area contributed by atoms with E-state index in [0.717, 1.165) is 0 Å². The van der Waals surface area contributed by atoms with Gasteiger partial charge >= 0.3 is 78.7 Å². The van der Waals surface area contributed by atoms with Crippen LogP contribution in [0.1, 0.15) is 70.6 Å². The number of hydrogen-bond donors (Lipinski definition) is 0. The molecule has 0 spiro atoms. The van der Waals surface area contributed by atoms with Crippen LogP contribution < -0.4 is 24.1 Å². The van der Waals surface area contributed by atoms with Crippen LogP contribution >= 0.6 is 12.0 Å². The third-order valence-electron chi connectivity index (χ3n) is 6.50. The van der Waals surface area contributed by atoms with Gasteiger partial charge in [0.1, 0.15) is 5.25 Å². The summed E-state index contributed by atoms with van der Waals surface area (Å²) in [4.78, 5) is 24.1. The first-order valence-corrected chi connectivity index (χ1v) is 14.6. The van der Waals surface area contributed by atoms with Crippen molar-refractivity contribution in [2.75, 3.05) is 13.2 Å². The number of halogens is 18. The van der Waals surface area contributed by atoms with Crippen LogP contribution in [0.4, 0.5) is 79.0 Å². The first-order valence-electron chi connectivity index (χ1n) is 13.8. The molecule has 0 bridgehead atoms. The van der Waals surface area contributed by atoms with E-state index < -0.39 is 123 Å². The summed E-state index contributed by atoms with van der Waals surface area (Å²) in [7, 11) is 0. The molecule has 0 fully saturated rings. The number of hydrogen-bond acceptors (Lipinski definition) is 8. The molecule has 0 aliphatic heterocycles. The second-order valence-corrected chi connectivity index (χ2v) is 11.2. The molecule has 0 saturated carbocycles. The van der Waals surface area contributed by atoms with E-state index in [1.165, 1.54) is 0 Å². The predicted molar refractivity (Wildman–Crippen MR) is 128 cm³/mol. The molecule has 0 N–H and O–H groups in total. The topological polar surface area (TPSA) is 94.1 Å². The van der Waals surface area contributed by atoms with Crippen LogP contribution in [0.2, 0.25) is 0 Å². The van der Waals surface area contributed by atoms with E-state index in [9.17, 15) is 93.9 Å². The van der Waals surface area contributed by atoms with E-state index in [2.05, 4.69) is 9.37 Å². The van der Waals surface area contributed by atoms with E-state index in [4.69, 9.17) is 9.47 Å². The molecule has 27 heteroatoms. The molecular weight excluding hydrogens is 781 g/mol. The minimum Gasteiger partial charge on any atom is -0.691 e. The zero-order chi connectivity index (χ0) is 39.5. The van der Waals surface area contributed by atoms with E-state index in [1.54, 1.807) is 0 Å². The van der Waals surface area contributed by atoms with Crippen molar-refractivity contribution in [1.29, 1.82) is 0 Å². The summed E-state index contributed by atoms with van der Waals surface area (Å²) < 4.78 is 245. The quantitative estimate of drug-likeness (QED) is 0.0239. The molecule has 0 aliphatic rings. The van der Waals surface area contributed by atoms with Crippen LogP contribution in [0.5, 0.6) is 0 Å². The molecule has 51 heavy (non-hydrogen) atoms. The van der Waals surface area contributed by atoms with Gasteiger partial charge in [-0.1, -0.05) is 25.7 Å². The normalized spacial score (nSPS) is 14.6. The molecular formula is C24H27F18LiO7S. The molecule has 0 aromatic rings. The molecule has 0 aromatic heterocycles. The number of alkyl halides is 18. The summed E-state index contributed by atoms with van der Waals surface area (Å²) in [6.45, 7) is -1.07. The van der Waals surface area contributed by atoms with Gasteiger partial charge in [0.05, 0.1) is 19.6 Å². The zero-order valence-corrected chi connectivity index (χ0v) is 26.7. The van der Waals surface area contributed by atoms with Crippen LogP contribution in [0.15, 0.2) is 0 Å². The summed E-state index contributed by atoms with van der Waals surface area (Å²) in [6.07, 6.45) is -22.4. The second kappa shape index (κ2) is 20.3. The maximum absolute atomic E-state index is 13.5. The van der Waals surface area contributed by atoms with Crippen molar-refractivity contribution in [2.45, 2.75) is 124 Å². The second-order valence-electron chi connectivity index (χ2n) is 10.3. The van der Waals surface area contributed by atoms with Gasteiger partial charge in [-0.25, -0.2) is 0 Å². The Morgan fingerprint density at radius 2 is 0.882 bits per heavy atom. The Labute approximate surface area is 292 Å². The number of carbonyl (C=O) groups is 2. The molecule has 1 atom stereocenters. The van der Waals surface area contributed by atoms with Gasteiger partial charge < -0.3 is 14.7 Å². The van der Waals surface area contributed by atoms with Gasteiger partial charge in [0.15, 0.2) is 0 Å². The summed E-state index contributed by atoms with van der Waals surface area (Å²) in [6, 6.07) is 0. The minimum atomic E-state index is -7.02. The molecule has 298 valence electrons. The molecule has 1 unspecified atom stereocenters. The van der Waals surface area contributed by atoms with Crippen LogP contribution in [-0.2, 0) is 28.4 Å². The molecule has 0 rings (SSSR count). The Kier molecular flexibility index (Phi) is 20.5. The molecule has 0 saturated heterocycles. The van der Waals surface area contributed by atoms with Crippen molar-refractivity contribution < 1.29 is 132 Å². The van der Waals surface area contributed by atoms with Crippen LogP contribution in [-0.4, -0.2) is 78.3 Å². The Hall–Kier alpha value is -1.49. The van der Waals surface area contributed by atoms with Crippen LogP contribution in [0, 0.1) is 0 Å². The maximum atomic E-state index is 13.5. The van der Waals surface area contributed by atoms with Gasteiger partial charge in [0.25, 0.3) is 0 Å². The van der Waals surface area contributed by atoms with Crippen molar-refractivity contribution in [1.82, 2.24) is 0 Å². The van der Waals surface area contributed by atoms with Crippen molar-refractivity contribution in [3.8, 4) is 0 Å². The van der Waals surface area contributed by atoms with Crippen LogP contribution in [0.25, 0.3) is 0 Å². The van der Waals surface area contributed by atoms with E-state index >= 15 is 0 Å². The summed E-state index contributed by atoms with van der Waals surface area (Å²) in [5, 5.41) is 11.4. The van der Waals surface area contributed by atoms with Crippen molar-refractivity contribution in [3.63, 3.8) is 0 Å². The van der Waals surface area contributed by atoms with Gasteiger partial charge in [-0.05, 0) is 25.7 Å². The summed E-state index contributed by atoms with van der Waals surface area (Å²) in [5.41, 5.74) is 0. The number of unbranched alkanes of at least 4 members (excludes halogenated alkanes) is 6. The third-order valence-corrected chi connectivity index (χ3v) is 7.22. The largest absolute Gasteiger partial charge is 1.00 e. The molecule has 0 radical (unpaired) electrons.